The van der Waals surface area contributed by atoms with Crippen LogP contribution >= 0.6 is 0 Å². The van der Waals surface area contributed by atoms with Gasteiger partial charge in [-0.2, -0.15) is 0 Å². The summed E-state index contributed by atoms with van der Waals surface area (Å²) in [5, 5.41) is 1.75. The first-order chi connectivity index (χ1) is 3.15. The van der Waals surface area contributed by atoms with Gasteiger partial charge in [0.15, 0.2) is 16.0 Å². The van der Waals surface area contributed by atoms with Crippen LogP contribution in [-0.2, 0) is 0 Å². The molecule has 0 aliphatic carbocycles. The second-order valence-electron chi connectivity index (χ2n) is 1.51. The van der Waals surface area contributed by atoms with Gasteiger partial charge in [-0.1, -0.05) is 0 Å². The summed E-state index contributed by atoms with van der Waals surface area (Å²) in [4.78, 5) is 2.00. The first-order valence-corrected chi connectivity index (χ1v) is 1.92. The van der Waals surface area contributed by atoms with Crippen LogP contribution in [0.4, 0.5) is 0 Å². The largest absolute Gasteiger partial charge is 0.418 e. The van der Waals surface area contributed by atoms with E-state index < -0.39 is 0 Å². The third kappa shape index (κ3) is 39900. The van der Waals surface area contributed by atoms with Gasteiger partial charge in [0.1, 0.15) is 0 Å². The molecule has 0 spiro atoms. The molecule has 0 bridgehead atoms. The van der Waals surface area contributed by atoms with Crippen molar-refractivity contribution in [2.75, 3.05) is 21.1 Å². The van der Waals surface area contributed by atoms with Crippen LogP contribution in [0.25, 0.3) is 0 Å². The molecule has 1 N–H and O–H groups in total. The van der Waals surface area contributed by atoms with Crippen molar-refractivity contribution in [2.45, 2.75) is 0 Å². The molecule has 0 saturated heterocycles. The van der Waals surface area contributed by atoms with Gasteiger partial charge < -0.3 is 10.0 Å². The Morgan fingerprint density at radius 1 is 1.14 bits per heavy atom. The van der Waals surface area contributed by atoms with E-state index >= 15 is 0 Å². The lowest BCUT2D eigenvalue weighted by Gasteiger charge is -1.90. The highest BCUT2D eigenvalue weighted by molar-refractivity contribution is 6.25. The summed E-state index contributed by atoms with van der Waals surface area (Å²) in [6, 6.07) is 0. The zero-order valence-corrected chi connectivity index (χ0v) is 5.10. The van der Waals surface area contributed by atoms with Crippen LogP contribution in [0.15, 0.2) is 0 Å². The Hall–Kier alpha value is 0.0499. The molecule has 0 atom stereocenters. The average Bonchev–Trinajstić information content (AvgIpc) is 1.33. The van der Waals surface area contributed by atoms with E-state index in [4.69, 9.17) is 0 Å². The summed E-state index contributed by atoms with van der Waals surface area (Å²) < 4.78 is 0. The molecule has 4 heteroatoms. The molecule has 0 rings (SSSR count). The molecule has 0 unspecified atom stereocenters. The van der Waals surface area contributed by atoms with Crippen LogP contribution in [-0.4, -0.2) is 42.0 Å². The van der Waals surface area contributed by atoms with Crippen LogP contribution in [0, 0.1) is 0 Å². The monoisotopic (exact) mass is 96.1 g/mol. The van der Waals surface area contributed by atoms with E-state index in [1.165, 1.54) is 0 Å². The normalized spacial score (nSPS) is 7.43. The Morgan fingerprint density at radius 2 is 1.14 bits per heavy atom. The van der Waals surface area contributed by atoms with Crippen LogP contribution in [0.3, 0.4) is 0 Å². The van der Waals surface area contributed by atoms with Crippen molar-refractivity contribution in [1.82, 2.24) is 10.0 Å². The minimum Gasteiger partial charge on any atom is -0.418 e. The lowest BCUT2D eigenvalue weighted by atomic mass is 10.3. The molecule has 0 amide bonds. The number of rotatable bonds is 0. The van der Waals surface area contributed by atoms with Gasteiger partial charge in [-0.25, -0.2) is 0 Å². The fourth-order valence-electron chi connectivity index (χ4n) is 0. The van der Waals surface area contributed by atoms with Crippen molar-refractivity contribution in [3.05, 3.63) is 0 Å². The highest BCUT2D eigenvalue weighted by Crippen LogP contribution is 1.47. The summed E-state index contributed by atoms with van der Waals surface area (Å²) in [5.74, 6) is 0. The Balaban J connectivity index is 0. The minimum atomic E-state index is 1.75. The molecular formula is C3H10B2N2. The van der Waals surface area contributed by atoms with Crippen LogP contribution in [0.5, 0.6) is 0 Å². The van der Waals surface area contributed by atoms with E-state index in [2.05, 4.69) is 16.0 Å². The van der Waals surface area contributed by atoms with E-state index in [9.17, 15) is 0 Å². The zero-order valence-electron chi connectivity index (χ0n) is 5.10. The van der Waals surface area contributed by atoms with E-state index in [0.717, 1.165) is 0 Å². The van der Waals surface area contributed by atoms with Crippen LogP contribution < -0.4 is 5.14 Å². The molecule has 0 aliphatic heterocycles. The van der Waals surface area contributed by atoms with Gasteiger partial charge in [0.05, 0.1) is 0 Å². The van der Waals surface area contributed by atoms with Crippen LogP contribution in [0.2, 0.25) is 0 Å². The van der Waals surface area contributed by atoms with Gasteiger partial charge in [-0.15, -0.1) is 0 Å². The molecule has 0 aromatic heterocycles. The van der Waals surface area contributed by atoms with Gasteiger partial charge in [0, 0.05) is 0 Å². The quantitative estimate of drug-likeness (QED) is 0.386. The summed E-state index contributed by atoms with van der Waals surface area (Å²) in [6.07, 6.45) is 0. The van der Waals surface area contributed by atoms with Crippen molar-refractivity contribution in [1.29, 1.82) is 0 Å². The highest BCUT2D eigenvalue weighted by atomic mass is 15.0. The third-order valence-corrected chi connectivity index (χ3v) is 0. The fraction of sp³-hybridized carbons (Fsp3) is 1.00. The summed E-state index contributed by atoms with van der Waals surface area (Å²) >= 11 is 0. The maximum absolute atomic E-state index is 4.38. The van der Waals surface area contributed by atoms with Crippen molar-refractivity contribution < 1.29 is 0 Å². The third-order valence-electron chi connectivity index (χ3n) is 0. The Morgan fingerprint density at radius 3 is 1.14 bits per heavy atom. The van der Waals surface area contributed by atoms with E-state index in [1.54, 1.807) is 5.14 Å². The van der Waals surface area contributed by atoms with Gasteiger partial charge in [0.25, 0.3) is 0 Å². The SMILES string of the molecule is CN(C)C.[B]N[B]. The smallest absolute Gasteiger partial charge is 0.163 e. The molecule has 0 aliphatic rings. The van der Waals surface area contributed by atoms with Gasteiger partial charge >= 0.3 is 0 Å². The van der Waals surface area contributed by atoms with Crippen molar-refractivity contribution in [3.8, 4) is 0 Å². The molecular weight excluding hydrogens is 85.7 g/mol. The highest BCUT2D eigenvalue weighted by Gasteiger charge is 1.58. The van der Waals surface area contributed by atoms with Gasteiger partial charge in [-0.3, -0.25) is 0 Å². The molecule has 2 nitrogen and oxygen atoms in total. The number of nitrogens with zero attached hydrogens (tertiary/aromatic N) is 1. The maximum Gasteiger partial charge on any atom is 0.163 e. The lowest BCUT2D eigenvalue weighted by molar-refractivity contribution is 0.505. The van der Waals surface area contributed by atoms with Crippen molar-refractivity contribution >= 4 is 16.0 Å². The first kappa shape index (κ1) is 10.1. The minimum absolute atomic E-state index is 1.75. The Bertz CT molecular complexity index is 22.1. The van der Waals surface area contributed by atoms with Crippen molar-refractivity contribution in [3.63, 3.8) is 0 Å². The molecule has 0 aromatic rings. The van der Waals surface area contributed by atoms with Crippen LogP contribution in [0.1, 0.15) is 0 Å². The number of hydrogen-bond acceptors (Lipinski definition) is 2. The standard InChI is InChI=1S/C3H9N.B2HN/c1-4(2)3;1-3-2/h1-3H3;3H. The molecule has 0 aromatic carbocycles. The second kappa shape index (κ2) is 9.41. The molecule has 7 heavy (non-hydrogen) atoms. The predicted molar refractivity (Wildman–Crippen MR) is 34.3 cm³/mol. The molecule has 0 fully saturated rings. The van der Waals surface area contributed by atoms with E-state index in [-0.39, 0.29) is 0 Å². The number of nitrogens with one attached hydrogen (secondary N) is 1. The fourth-order valence-corrected chi connectivity index (χ4v) is 0. The van der Waals surface area contributed by atoms with Gasteiger partial charge in [0.2, 0.25) is 0 Å². The second-order valence-corrected chi connectivity index (χ2v) is 1.51. The number of hydrogen-bond donors (Lipinski definition) is 1. The van der Waals surface area contributed by atoms with Gasteiger partial charge in [-0.05, 0) is 21.1 Å². The van der Waals surface area contributed by atoms with E-state index in [1.807, 2.05) is 26.0 Å². The average molecular weight is 95.8 g/mol. The summed E-state index contributed by atoms with van der Waals surface area (Å²) in [5.41, 5.74) is 0. The first-order valence-electron chi connectivity index (χ1n) is 1.92. The molecule has 38 valence electrons. The molecule has 0 heterocycles. The lowest BCUT2D eigenvalue weighted by Crippen LogP contribution is -1.99. The summed E-state index contributed by atoms with van der Waals surface area (Å²) in [7, 11) is 14.8. The van der Waals surface area contributed by atoms with Crippen molar-refractivity contribution in [2.24, 2.45) is 0 Å². The molecule has 4 radical (unpaired) electrons. The maximum atomic E-state index is 4.38. The topological polar surface area (TPSA) is 15.3 Å². The summed E-state index contributed by atoms with van der Waals surface area (Å²) in [6.45, 7) is 0. The zero-order chi connectivity index (χ0) is 6.28. The predicted octanol–water partition coefficient (Wildman–Crippen LogP) is -1.08. The Kier molecular flexibility index (Phi) is 13.6. The Labute approximate surface area is 48.1 Å². The van der Waals surface area contributed by atoms with E-state index in [0.29, 0.717) is 0 Å². The molecule has 0 saturated carbocycles.